The SMILES string of the molecule is CC1(C)CCCN1C(=O)c1cnc(Cl)cn1. The Morgan fingerprint density at radius 3 is 2.69 bits per heavy atom. The van der Waals surface area contributed by atoms with Gasteiger partial charge in [-0.2, -0.15) is 0 Å². The van der Waals surface area contributed by atoms with Crippen LogP contribution >= 0.6 is 11.6 Å². The van der Waals surface area contributed by atoms with Gasteiger partial charge in [0.05, 0.1) is 12.4 Å². The Labute approximate surface area is 99.6 Å². The number of rotatable bonds is 1. The quantitative estimate of drug-likeness (QED) is 0.754. The highest BCUT2D eigenvalue weighted by molar-refractivity contribution is 6.29. The highest BCUT2D eigenvalue weighted by Crippen LogP contribution is 2.29. The van der Waals surface area contributed by atoms with Gasteiger partial charge in [-0.15, -0.1) is 0 Å². The van der Waals surface area contributed by atoms with E-state index >= 15 is 0 Å². The Morgan fingerprint density at radius 1 is 1.44 bits per heavy atom. The third-order valence-electron chi connectivity index (χ3n) is 2.99. The molecule has 1 amide bonds. The summed E-state index contributed by atoms with van der Waals surface area (Å²) < 4.78 is 0. The number of hydrogen-bond acceptors (Lipinski definition) is 3. The molecule has 0 saturated carbocycles. The van der Waals surface area contributed by atoms with Crippen LogP contribution in [0.1, 0.15) is 37.2 Å². The number of likely N-dealkylation sites (tertiary alicyclic amines) is 1. The van der Waals surface area contributed by atoms with Crippen LogP contribution in [-0.2, 0) is 0 Å². The van der Waals surface area contributed by atoms with Crippen molar-refractivity contribution in [3.05, 3.63) is 23.2 Å². The summed E-state index contributed by atoms with van der Waals surface area (Å²) in [4.78, 5) is 21.9. The average molecular weight is 240 g/mol. The van der Waals surface area contributed by atoms with Crippen molar-refractivity contribution in [3.63, 3.8) is 0 Å². The molecule has 0 aliphatic carbocycles. The van der Waals surface area contributed by atoms with Gasteiger partial charge in [0.1, 0.15) is 10.8 Å². The molecule has 0 unspecified atom stereocenters. The second-order valence-electron chi connectivity index (χ2n) is 4.60. The lowest BCUT2D eigenvalue weighted by atomic mass is 10.0. The maximum Gasteiger partial charge on any atom is 0.274 e. The zero-order chi connectivity index (χ0) is 11.8. The summed E-state index contributed by atoms with van der Waals surface area (Å²) in [5, 5.41) is 0.303. The van der Waals surface area contributed by atoms with Crippen molar-refractivity contribution in [1.29, 1.82) is 0 Å². The van der Waals surface area contributed by atoms with E-state index in [-0.39, 0.29) is 11.4 Å². The maximum absolute atomic E-state index is 12.2. The van der Waals surface area contributed by atoms with Gasteiger partial charge < -0.3 is 4.90 Å². The molecule has 0 aromatic carbocycles. The molecule has 16 heavy (non-hydrogen) atoms. The molecular formula is C11H14ClN3O. The molecule has 0 bridgehead atoms. The maximum atomic E-state index is 12.2. The Morgan fingerprint density at radius 2 is 2.19 bits per heavy atom. The second kappa shape index (κ2) is 4.01. The van der Waals surface area contributed by atoms with Crippen LogP contribution < -0.4 is 0 Å². The van der Waals surface area contributed by atoms with Crippen molar-refractivity contribution >= 4 is 17.5 Å². The number of nitrogens with zero attached hydrogens (tertiary/aromatic N) is 3. The van der Waals surface area contributed by atoms with Gasteiger partial charge in [0, 0.05) is 12.1 Å². The normalized spacial score (nSPS) is 18.8. The van der Waals surface area contributed by atoms with E-state index < -0.39 is 0 Å². The molecule has 0 radical (unpaired) electrons. The van der Waals surface area contributed by atoms with Crippen LogP contribution in [0.4, 0.5) is 0 Å². The lowest BCUT2D eigenvalue weighted by molar-refractivity contribution is 0.0645. The van der Waals surface area contributed by atoms with Crippen molar-refractivity contribution in [2.24, 2.45) is 0 Å². The Kier molecular flexibility index (Phi) is 2.84. The molecule has 0 N–H and O–H groups in total. The van der Waals surface area contributed by atoms with Crippen molar-refractivity contribution in [1.82, 2.24) is 14.9 Å². The third-order valence-corrected chi connectivity index (χ3v) is 3.18. The van der Waals surface area contributed by atoms with Crippen LogP contribution in [-0.4, -0.2) is 32.9 Å². The summed E-state index contributed by atoms with van der Waals surface area (Å²) in [6.07, 6.45) is 4.90. The Balaban J connectivity index is 2.22. The number of carbonyl (C=O) groups is 1. The van der Waals surface area contributed by atoms with Crippen LogP contribution in [0.2, 0.25) is 5.15 Å². The number of aromatic nitrogens is 2. The van der Waals surface area contributed by atoms with E-state index in [1.165, 1.54) is 12.4 Å². The van der Waals surface area contributed by atoms with Gasteiger partial charge in [0.2, 0.25) is 0 Å². The highest BCUT2D eigenvalue weighted by atomic mass is 35.5. The van der Waals surface area contributed by atoms with Crippen molar-refractivity contribution in [2.75, 3.05) is 6.54 Å². The first-order valence-corrected chi connectivity index (χ1v) is 5.68. The van der Waals surface area contributed by atoms with Gasteiger partial charge in [-0.3, -0.25) is 4.79 Å². The molecular weight excluding hydrogens is 226 g/mol. The van der Waals surface area contributed by atoms with Crippen molar-refractivity contribution in [2.45, 2.75) is 32.2 Å². The second-order valence-corrected chi connectivity index (χ2v) is 4.98. The molecule has 1 aromatic heterocycles. The number of halogens is 1. The average Bonchev–Trinajstić information content (AvgIpc) is 2.58. The molecule has 1 fully saturated rings. The molecule has 4 nitrogen and oxygen atoms in total. The smallest absolute Gasteiger partial charge is 0.274 e. The fourth-order valence-corrected chi connectivity index (χ4v) is 2.14. The predicted octanol–water partition coefficient (Wildman–Crippen LogP) is 2.14. The first-order chi connectivity index (χ1) is 7.50. The lowest BCUT2D eigenvalue weighted by Crippen LogP contribution is -2.43. The zero-order valence-electron chi connectivity index (χ0n) is 9.40. The molecule has 1 aliphatic rings. The largest absolute Gasteiger partial charge is 0.332 e. The zero-order valence-corrected chi connectivity index (χ0v) is 10.2. The molecule has 2 heterocycles. The van der Waals surface area contributed by atoms with Crippen LogP contribution in [0.5, 0.6) is 0 Å². The number of carbonyl (C=O) groups excluding carboxylic acids is 1. The Bertz CT molecular complexity index is 402. The molecule has 1 aromatic rings. The first-order valence-electron chi connectivity index (χ1n) is 5.30. The molecule has 5 heteroatoms. The van der Waals surface area contributed by atoms with Crippen molar-refractivity contribution in [3.8, 4) is 0 Å². The van der Waals surface area contributed by atoms with E-state index in [9.17, 15) is 4.79 Å². The molecule has 1 saturated heterocycles. The third kappa shape index (κ3) is 2.02. The number of amides is 1. The summed E-state index contributed by atoms with van der Waals surface area (Å²) >= 11 is 5.63. The summed E-state index contributed by atoms with van der Waals surface area (Å²) in [7, 11) is 0. The van der Waals surface area contributed by atoms with Gasteiger partial charge >= 0.3 is 0 Å². The van der Waals surface area contributed by atoms with Crippen LogP contribution in [0.15, 0.2) is 12.4 Å². The standard InChI is InChI=1S/C11H14ClN3O/c1-11(2)4-3-5-15(11)10(16)8-6-14-9(12)7-13-8/h6-7H,3-5H2,1-2H3. The van der Waals surface area contributed by atoms with Gasteiger partial charge in [-0.05, 0) is 26.7 Å². The van der Waals surface area contributed by atoms with Gasteiger partial charge in [0.25, 0.3) is 5.91 Å². The minimum atomic E-state index is -0.0849. The van der Waals surface area contributed by atoms with Gasteiger partial charge in [-0.1, -0.05) is 11.6 Å². The van der Waals surface area contributed by atoms with Gasteiger partial charge in [0.15, 0.2) is 0 Å². The summed E-state index contributed by atoms with van der Waals surface area (Å²) in [5.74, 6) is -0.0633. The summed E-state index contributed by atoms with van der Waals surface area (Å²) in [6.45, 7) is 4.93. The molecule has 2 rings (SSSR count). The van der Waals surface area contributed by atoms with Gasteiger partial charge in [-0.25, -0.2) is 9.97 Å². The van der Waals surface area contributed by atoms with Crippen molar-refractivity contribution < 1.29 is 4.79 Å². The molecule has 86 valence electrons. The minimum absolute atomic E-state index is 0.0633. The fraction of sp³-hybridized carbons (Fsp3) is 0.545. The van der Waals surface area contributed by atoms with Crippen LogP contribution in [0, 0.1) is 0 Å². The summed E-state index contributed by atoms with van der Waals surface area (Å²) in [6, 6.07) is 0. The number of hydrogen-bond donors (Lipinski definition) is 0. The topological polar surface area (TPSA) is 46.1 Å². The van der Waals surface area contributed by atoms with E-state index in [1.807, 2.05) is 4.90 Å². The monoisotopic (exact) mass is 239 g/mol. The van der Waals surface area contributed by atoms with E-state index in [2.05, 4.69) is 23.8 Å². The highest BCUT2D eigenvalue weighted by Gasteiger charge is 2.36. The van der Waals surface area contributed by atoms with Crippen LogP contribution in [0.3, 0.4) is 0 Å². The van der Waals surface area contributed by atoms with E-state index in [0.29, 0.717) is 10.8 Å². The molecule has 0 spiro atoms. The van der Waals surface area contributed by atoms with Crippen LogP contribution in [0.25, 0.3) is 0 Å². The molecule has 0 atom stereocenters. The fourth-order valence-electron chi connectivity index (χ4n) is 2.04. The minimum Gasteiger partial charge on any atom is -0.332 e. The van der Waals surface area contributed by atoms with E-state index in [4.69, 9.17) is 11.6 Å². The Hall–Kier alpha value is -1.16. The molecule has 1 aliphatic heterocycles. The van der Waals surface area contributed by atoms with E-state index in [0.717, 1.165) is 19.4 Å². The first kappa shape index (κ1) is 11.3. The predicted molar refractivity (Wildman–Crippen MR) is 61.4 cm³/mol. The summed E-state index contributed by atoms with van der Waals surface area (Å²) in [5.41, 5.74) is 0.276. The van der Waals surface area contributed by atoms with E-state index in [1.54, 1.807) is 0 Å². The lowest BCUT2D eigenvalue weighted by Gasteiger charge is -2.31.